The van der Waals surface area contributed by atoms with Gasteiger partial charge < -0.3 is 15.2 Å². The molecule has 0 unspecified atom stereocenters. The molecule has 1 rings (SSSR count). The third-order valence-electron chi connectivity index (χ3n) is 1.71. The summed E-state index contributed by atoms with van der Waals surface area (Å²) in [5.41, 5.74) is 7.25. The van der Waals surface area contributed by atoms with Gasteiger partial charge >= 0.3 is 6.16 Å². The smallest absolute Gasteiger partial charge is 0.438 e. The van der Waals surface area contributed by atoms with Gasteiger partial charge in [0.15, 0.2) is 0 Å². The van der Waals surface area contributed by atoms with Gasteiger partial charge in [-0.3, -0.25) is 0 Å². The third-order valence-corrected chi connectivity index (χ3v) is 1.71. The molecule has 1 aromatic rings. The summed E-state index contributed by atoms with van der Waals surface area (Å²) in [5.74, 6) is 0. The minimum atomic E-state index is -0.683. The van der Waals surface area contributed by atoms with Crippen LogP contribution in [0, 0.1) is 0 Å². The predicted octanol–water partition coefficient (Wildman–Crippen LogP) is 2.06. The zero-order valence-corrected chi connectivity index (χ0v) is 8.47. The molecule has 4 nitrogen and oxygen atoms in total. The Hall–Kier alpha value is -1.97. The zero-order chi connectivity index (χ0) is 11.1. The van der Waals surface area contributed by atoms with Crippen LogP contribution in [0.15, 0.2) is 30.3 Å². The summed E-state index contributed by atoms with van der Waals surface area (Å²) in [6, 6.07) is 7.37. The summed E-state index contributed by atoms with van der Waals surface area (Å²) in [5, 5.41) is 0. The summed E-state index contributed by atoms with van der Waals surface area (Å²) in [6.45, 7) is 0.192. The van der Waals surface area contributed by atoms with Crippen LogP contribution in [0.3, 0.4) is 0 Å². The Labute approximate surface area is 88.3 Å². The van der Waals surface area contributed by atoms with Crippen LogP contribution in [0.5, 0.6) is 0 Å². The van der Waals surface area contributed by atoms with Gasteiger partial charge in [-0.15, -0.1) is 0 Å². The molecule has 0 atom stereocenters. The van der Waals surface area contributed by atoms with Crippen molar-refractivity contribution in [3.63, 3.8) is 0 Å². The molecule has 0 heterocycles. The predicted molar refractivity (Wildman–Crippen MR) is 58.2 cm³/mol. The summed E-state index contributed by atoms with van der Waals surface area (Å²) in [4.78, 5) is 10.6. The van der Waals surface area contributed by atoms with Crippen molar-refractivity contribution in [2.45, 2.75) is 0 Å². The maximum Gasteiger partial charge on any atom is 0.508 e. The molecule has 4 heteroatoms. The number of nitrogens with two attached hydrogens (primary N) is 1. The summed E-state index contributed by atoms with van der Waals surface area (Å²) in [6.07, 6.45) is 2.88. The molecule has 0 aliphatic carbocycles. The number of rotatable bonds is 3. The van der Waals surface area contributed by atoms with E-state index in [9.17, 15) is 4.79 Å². The zero-order valence-electron chi connectivity index (χ0n) is 8.47. The third kappa shape index (κ3) is 4.17. The number of anilines is 1. The van der Waals surface area contributed by atoms with Gasteiger partial charge in [0, 0.05) is 5.69 Å². The molecule has 1 aromatic carbocycles. The number of nitrogen functional groups attached to an aromatic ring is 1. The normalized spacial score (nSPS) is 10.2. The molecule has 0 aromatic heterocycles. The van der Waals surface area contributed by atoms with Crippen LogP contribution < -0.4 is 5.73 Å². The molecule has 0 aliphatic rings. The lowest BCUT2D eigenvalue weighted by molar-refractivity contribution is 0.0819. The molecule has 15 heavy (non-hydrogen) atoms. The molecular weight excluding hydrogens is 194 g/mol. The Balaban J connectivity index is 2.38. The molecule has 0 radical (unpaired) electrons. The second-order valence-electron chi connectivity index (χ2n) is 2.83. The first-order chi connectivity index (χ1) is 7.22. The monoisotopic (exact) mass is 207 g/mol. The molecule has 0 saturated carbocycles. The fourth-order valence-electron chi connectivity index (χ4n) is 0.966. The molecule has 2 N–H and O–H groups in total. The molecule has 0 saturated heterocycles. The Morgan fingerprint density at radius 1 is 1.40 bits per heavy atom. The van der Waals surface area contributed by atoms with Crippen LogP contribution in [0.2, 0.25) is 0 Å². The van der Waals surface area contributed by atoms with Gasteiger partial charge in [-0.25, -0.2) is 4.79 Å². The standard InChI is InChI=1S/C11H13NO3/c1-14-11(13)15-8-2-3-9-4-6-10(12)7-5-9/h2-7H,8,12H2,1H3/b3-2+. The highest BCUT2D eigenvalue weighted by molar-refractivity contribution is 5.60. The van der Waals surface area contributed by atoms with Crippen molar-refractivity contribution in [3.8, 4) is 0 Å². The van der Waals surface area contributed by atoms with E-state index in [1.807, 2.05) is 18.2 Å². The van der Waals surface area contributed by atoms with Gasteiger partial charge in [0.25, 0.3) is 0 Å². The van der Waals surface area contributed by atoms with Gasteiger partial charge in [-0.2, -0.15) is 0 Å². The van der Waals surface area contributed by atoms with Crippen molar-refractivity contribution in [3.05, 3.63) is 35.9 Å². The number of ether oxygens (including phenoxy) is 2. The van der Waals surface area contributed by atoms with Gasteiger partial charge in [0.1, 0.15) is 6.61 Å². The lowest BCUT2D eigenvalue weighted by atomic mass is 10.2. The van der Waals surface area contributed by atoms with E-state index in [1.54, 1.807) is 18.2 Å². The molecule has 0 aliphatic heterocycles. The number of carbonyl (C=O) groups excluding carboxylic acids is 1. The number of methoxy groups -OCH3 is 1. The number of hydrogen-bond donors (Lipinski definition) is 1. The van der Waals surface area contributed by atoms with Crippen molar-refractivity contribution >= 4 is 17.9 Å². The van der Waals surface area contributed by atoms with Crippen LogP contribution >= 0.6 is 0 Å². The molecule has 80 valence electrons. The SMILES string of the molecule is COC(=O)OC/C=C/c1ccc(N)cc1. The first kappa shape index (κ1) is 11.1. The van der Waals surface area contributed by atoms with Crippen LogP contribution in [0.4, 0.5) is 10.5 Å². The first-order valence-electron chi connectivity index (χ1n) is 4.45. The highest BCUT2D eigenvalue weighted by Crippen LogP contribution is 2.06. The molecule has 0 bridgehead atoms. The number of carbonyl (C=O) groups is 1. The number of benzene rings is 1. The first-order valence-corrected chi connectivity index (χ1v) is 4.45. The van der Waals surface area contributed by atoms with Crippen LogP contribution in [0.25, 0.3) is 6.08 Å². The second-order valence-corrected chi connectivity index (χ2v) is 2.83. The van der Waals surface area contributed by atoms with Gasteiger partial charge in [-0.05, 0) is 23.8 Å². The average Bonchev–Trinajstić information content (AvgIpc) is 2.26. The van der Waals surface area contributed by atoms with E-state index < -0.39 is 6.16 Å². The van der Waals surface area contributed by atoms with Gasteiger partial charge in [-0.1, -0.05) is 18.2 Å². The molecule has 0 spiro atoms. The van der Waals surface area contributed by atoms with Crippen LogP contribution in [-0.4, -0.2) is 19.9 Å². The Morgan fingerprint density at radius 3 is 2.67 bits per heavy atom. The van der Waals surface area contributed by atoms with Crippen molar-refractivity contribution in [2.24, 2.45) is 0 Å². The van der Waals surface area contributed by atoms with E-state index in [-0.39, 0.29) is 6.61 Å². The summed E-state index contributed by atoms with van der Waals surface area (Å²) >= 11 is 0. The van der Waals surface area contributed by atoms with E-state index in [1.165, 1.54) is 7.11 Å². The lowest BCUT2D eigenvalue weighted by Gasteiger charge is -1.98. The molecule has 0 fully saturated rings. The highest BCUT2D eigenvalue weighted by atomic mass is 16.7. The maximum absolute atomic E-state index is 10.6. The average molecular weight is 207 g/mol. The highest BCUT2D eigenvalue weighted by Gasteiger charge is 1.95. The van der Waals surface area contributed by atoms with Crippen molar-refractivity contribution in [2.75, 3.05) is 19.5 Å². The maximum atomic E-state index is 10.6. The largest absolute Gasteiger partial charge is 0.508 e. The van der Waals surface area contributed by atoms with E-state index >= 15 is 0 Å². The number of hydrogen-bond acceptors (Lipinski definition) is 4. The Morgan fingerprint density at radius 2 is 2.07 bits per heavy atom. The second kappa shape index (κ2) is 5.70. The Bertz CT molecular complexity index is 343. The van der Waals surface area contributed by atoms with Crippen molar-refractivity contribution < 1.29 is 14.3 Å². The van der Waals surface area contributed by atoms with E-state index in [0.29, 0.717) is 0 Å². The molecule has 0 amide bonds. The summed E-state index contributed by atoms with van der Waals surface area (Å²) < 4.78 is 8.97. The van der Waals surface area contributed by atoms with Gasteiger partial charge in [0.05, 0.1) is 7.11 Å². The fraction of sp³-hybridized carbons (Fsp3) is 0.182. The van der Waals surface area contributed by atoms with E-state index in [4.69, 9.17) is 5.73 Å². The fourth-order valence-corrected chi connectivity index (χ4v) is 0.966. The lowest BCUT2D eigenvalue weighted by Crippen LogP contribution is -2.03. The van der Waals surface area contributed by atoms with Crippen molar-refractivity contribution in [1.29, 1.82) is 0 Å². The van der Waals surface area contributed by atoms with Gasteiger partial charge in [0.2, 0.25) is 0 Å². The minimum Gasteiger partial charge on any atom is -0.438 e. The molecular formula is C11H13NO3. The van der Waals surface area contributed by atoms with E-state index in [2.05, 4.69) is 9.47 Å². The topological polar surface area (TPSA) is 61.5 Å². The minimum absolute atomic E-state index is 0.192. The van der Waals surface area contributed by atoms with Crippen LogP contribution in [0.1, 0.15) is 5.56 Å². The van der Waals surface area contributed by atoms with Crippen molar-refractivity contribution in [1.82, 2.24) is 0 Å². The van der Waals surface area contributed by atoms with E-state index in [0.717, 1.165) is 11.3 Å². The summed E-state index contributed by atoms with van der Waals surface area (Å²) in [7, 11) is 1.27. The Kier molecular flexibility index (Phi) is 4.22. The van der Waals surface area contributed by atoms with Crippen LogP contribution in [-0.2, 0) is 9.47 Å². The quantitative estimate of drug-likeness (QED) is 0.608.